The molecule has 0 aromatic heterocycles. The van der Waals surface area contributed by atoms with E-state index in [1.165, 1.54) is 44.5 Å². The molecule has 108 valence electrons. The van der Waals surface area contributed by atoms with Crippen molar-refractivity contribution in [1.29, 1.82) is 0 Å². The third-order valence-electron chi connectivity index (χ3n) is 4.95. The van der Waals surface area contributed by atoms with Crippen LogP contribution in [0.1, 0.15) is 51.3 Å². The van der Waals surface area contributed by atoms with Crippen LogP contribution < -0.4 is 0 Å². The van der Waals surface area contributed by atoms with Crippen molar-refractivity contribution in [3.05, 3.63) is 69.8 Å². The Labute approximate surface area is 133 Å². The quantitative estimate of drug-likeness (QED) is 0.635. The number of aryl methyl sites for hydroxylation is 2. The molecular formula is C20H22S. The first-order chi connectivity index (χ1) is 9.90. The van der Waals surface area contributed by atoms with Crippen molar-refractivity contribution < 1.29 is 0 Å². The molecule has 0 aliphatic heterocycles. The smallest absolute Gasteiger partial charge is 0.0149 e. The van der Waals surface area contributed by atoms with Crippen molar-refractivity contribution in [2.75, 3.05) is 0 Å². The van der Waals surface area contributed by atoms with Gasteiger partial charge in [-0.05, 0) is 79.1 Å². The number of hydrogen-bond donors (Lipinski definition) is 1. The predicted octanol–water partition coefficient (Wildman–Crippen LogP) is 5.76. The molecule has 1 unspecified atom stereocenters. The SMILES string of the molecule is C=C1CC(c2c(S)cc(C)c(C)c2C)c2ccc(C)cc21. The first-order valence-corrected chi connectivity index (χ1v) is 7.93. The summed E-state index contributed by atoms with van der Waals surface area (Å²) in [5.74, 6) is 0.403. The molecule has 1 atom stereocenters. The van der Waals surface area contributed by atoms with Crippen molar-refractivity contribution in [2.45, 2.75) is 44.9 Å². The highest BCUT2D eigenvalue weighted by atomic mass is 32.1. The van der Waals surface area contributed by atoms with Gasteiger partial charge in [-0.15, -0.1) is 12.6 Å². The zero-order valence-corrected chi connectivity index (χ0v) is 14.1. The van der Waals surface area contributed by atoms with E-state index in [0.29, 0.717) is 5.92 Å². The molecule has 3 rings (SSSR count). The molecule has 0 spiro atoms. The van der Waals surface area contributed by atoms with Gasteiger partial charge in [0, 0.05) is 10.8 Å². The van der Waals surface area contributed by atoms with Gasteiger partial charge >= 0.3 is 0 Å². The van der Waals surface area contributed by atoms with Crippen LogP contribution in [-0.4, -0.2) is 0 Å². The Balaban J connectivity index is 2.21. The maximum atomic E-state index is 4.77. The Morgan fingerprint density at radius 3 is 2.48 bits per heavy atom. The molecule has 0 saturated heterocycles. The van der Waals surface area contributed by atoms with Gasteiger partial charge in [0.1, 0.15) is 0 Å². The molecule has 1 heteroatoms. The number of allylic oxidation sites excluding steroid dienone is 1. The van der Waals surface area contributed by atoms with Gasteiger partial charge in [0.25, 0.3) is 0 Å². The molecule has 0 amide bonds. The van der Waals surface area contributed by atoms with Crippen molar-refractivity contribution in [2.24, 2.45) is 0 Å². The Kier molecular flexibility index (Phi) is 3.49. The summed E-state index contributed by atoms with van der Waals surface area (Å²) in [5.41, 5.74) is 10.8. The third-order valence-corrected chi connectivity index (χ3v) is 5.32. The van der Waals surface area contributed by atoms with Crippen LogP contribution in [-0.2, 0) is 0 Å². The van der Waals surface area contributed by atoms with Crippen LogP contribution in [0, 0.1) is 27.7 Å². The standard InChI is InChI=1S/C20H22S/c1-11-6-7-16-17(8-11)13(3)9-18(16)20-15(5)14(4)12(2)10-19(20)21/h6-8,10,18,21H,3,9H2,1-2,4-5H3. The lowest BCUT2D eigenvalue weighted by atomic mass is 9.86. The number of hydrogen-bond acceptors (Lipinski definition) is 1. The summed E-state index contributed by atoms with van der Waals surface area (Å²) in [7, 11) is 0. The summed E-state index contributed by atoms with van der Waals surface area (Å²) in [6.45, 7) is 13.0. The van der Waals surface area contributed by atoms with Crippen LogP contribution in [0.4, 0.5) is 0 Å². The highest BCUT2D eigenvalue weighted by Gasteiger charge is 2.29. The number of fused-ring (bicyclic) bond motifs is 1. The molecule has 0 heterocycles. The molecule has 1 aliphatic rings. The Morgan fingerprint density at radius 1 is 1.05 bits per heavy atom. The molecular weight excluding hydrogens is 272 g/mol. The topological polar surface area (TPSA) is 0 Å². The number of rotatable bonds is 1. The molecule has 2 aromatic rings. The van der Waals surface area contributed by atoms with E-state index in [-0.39, 0.29) is 0 Å². The second-order valence-corrected chi connectivity index (χ2v) is 6.81. The van der Waals surface area contributed by atoms with Crippen molar-refractivity contribution >= 4 is 18.2 Å². The minimum atomic E-state index is 0.403. The lowest BCUT2D eigenvalue weighted by molar-refractivity contribution is 0.841. The highest BCUT2D eigenvalue weighted by molar-refractivity contribution is 7.80. The van der Waals surface area contributed by atoms with Crippen LogP contribution in [0.2, 0.25) is 0 Å². The van der Waals surface area contributed by atoms with Crippen molar-refractivity contribution in [3.8, 4) is 0 Å². The predicted molar refractivity (Wildman–Crippen MR) is 94.6 cm³/mol. The lowest BCUT2D eigenvalue weighted by Crippen LogP contribution is -2.04. The Morgan fingerprint density at radius 2 is 1.76 bits per heavy atom. The first-order valence-electron chi connectivity index (χ1n) is 7.48. The van der Waals surface area contributed by atoms with Crippen LogP contribution >= 0.6 is 12.6 Å². The Hall–Kier alpha value is -1.47. The van der Waals surface area contributed by atoms with Crippen LogP contribution in [0.25, 0.3) is 5.57 Å². The van der Waals surface area contributed by atoms with Crippen LogP contribution in [0.5, 0.6) is 0 Å². The molecule has 21 heavy (non-hydrogen) atoms. The summed E-state index contributed by atoms with van der Waals surface area (Å²) >= 11 is 4.77. The van der Waals surface area contributed by atoms with E-state index in [4.69, 9.17) is 12.6 Å². The first kappa shape index (κ1) is 14.5. The van der Waals surface area contributed by atoms with E-state index in [1.807, 2.05) is 0 Å². The summed E-state index contributed by atoms with van der Waals surface area (Å²) in [6, 6.07) is 8.95. The van der Waals surface area contributed by atoms with Crippen molar-refractivity contribution in [1.82, 2.24) is 0 Å². The molecule has 2 aromatic carbocycles. The Bertz CT molecular complexity index is 753. The van der Waals surface area contributed by atoms with Gasteiger partial charge in [0.2, 0.25) is 0 Å². The molecule has 0 nitrogen and oxygen atoms in total. The van der Waals surface area contributed by atoms with E-state index in [2.05, 4.69) is 58.5 Å². The molecule has 1 aliphatic carbocycles. The molecule has 0 saturated carbocycles. The van der Waals surface area contributed by atoms with Gasteiger partial charge in [0.05, 0.1) is 0 Å². The van der Waals surface area contributed by atoms with Gasteiger partial charge < -0.3 is 0 Å². The average molecular weight is 294 g/mol. The zero-order chi connectivity index (χ0) is 15.3. The van der Waals surface area contributed by atoms with E-state index in [1.54, 1.807) is 0 Å². The average Bonchev–Trinajstić information content (AvgIpc) is 2.73. The minimum Gasteiger partial charge on any atom is -0.143 e. The fraction of sp³-hybridized carbons (Fsp3) is 0.300. The van der Waals surface area contributed by atoms with Gasteiger partial charge in [-0.25, -0.2) is 0 Å². The summed E-state index contributed by atoms with van der Waals surface area (Å²) in [4.78, 5) is 1.11. The molecule has 0 fully saturated rings. The van der Waals surface area contributed by atoms with Gasteiger partial charge in [-0.2, -0.15) is 0 Å². The van der Waals surface area contributed by atoms with Gasteiger partial charge in [-0.3, -0.25) is 0 Å². The highest BCUT2D eigenvalue weighted by Crippen LogP contribution is 2.47. The molecule has 0 N–H and O–H groups in total. The minimum absolute atomic E-state index is 0.403. The van der Waals surface area contributed by atoms with Crippen LogP contribution in [0.15, 0.2) is 35.7 Å². The number of thiol groups is 1. The molecule has 0 bridgehead atoms. The van der Waals surface area contributed by atoms with E-state index in [0.717, 1.165) is 11.3 Å². The maximum absolute atomic E-state index is 4.77. The third kappa shape index (κ3) is 2.24. The largest absolute Gasteiger partial charge is 0.143 e. The second-order valence-electron chi connectivity index (χ2n) is 6.33. The second kappa shape index (κ2) is 5.06. The normalized spacial score (nSPS) is 17.2. The fourth-order valence-electron chi connectivity index (χ4n) is 3.52. The van der Waals surface area contributed by atoms with E-state index < -0.39 is 0 Å². The van der Waals surface area contributed by atoms with E-state index in [9.17, 15) is 0 Å². The molecule has 0 radical (unpaired) electrons. The zero-order valence-electron chi connectivity index (χ0n) is 13.2. The summed E-state index contributed by atoms with van der Waals surface area (Å²) in [6.07, 6.45) is 1.01. The maximum Gasteiger partial charge on any atom is 0.0149 e. The lowest BCUT2D eigenvalue weighted by Gasteiger charge is -2.20. The van der Waals surface area contributed by atoms with Gasteiger partial charge in [-0.1, -0.05) is 30.3 Å². The number of benzene rings is 2. The van der Waals surface area contributed by atoms with Gasteiger partial charge in [0.15, 0.2) is 0 Å². The van der Waals surface area contributed by atoms with E-state index >= 15 is 0 Å². The summed E-state index contributed by atoms with van der Waals surface area (Å²) in [5, 5.41) is 0. The fourth-order valence-corrected chi connectivity index (χ4v) is 4.04. The monoisotopic (exact) mass is 294 g/mol. The summed E-state index contributed by atoms with van der Waals surface area (Å²) < 4.78 is 0. The van der Waals surface area contributed by atoms with Crippen molar-refractivity contribution in [3.63, 3.8) is 0 Å². The van der Waals surface area contributed by atoms with Crippen LogP contribution in [0.3, 0.4) is 0 Å².